The van der Waals surface area contributed by atoms with Crippen molar-refractivity contribution in [3.63, 3.8) is 0 Å². The molecule has 1 N–H and O–H groups in total. The van der Waals surface area contributed by atoms with E-state index >= 15 is 0 Å². The zero-order chi connectivity index (χ0) is 27.2. The average molecular weight is 518 g/mol. The first kappa shape index (κ1) is 25.9. The van der Waals surface area contributed by atoms with E-state index in [1.54, 1.807) is 29.2 Å². The number of nitriles is 1. The van der Waals surface area contributed by atoms with Gasteiger partial charge in [0.1, 0.15) is 0 Å². The number of rotatable bonds is 7. The standard InChI is InChI=1S/C32H31N5O2/c1-36(31(39)26-12-6-3-7-13-26)27-18-19-29-28(21-27)34-32(35-30(38)25-16-14-24(22-33)15-17-25)37(29)20-8-11-23-9-4-2-5-10-23/h2,4-5,8-11,14-19,21,26H,3,6-7,12-13,20H2,1H3,(H,34,35,38)/b11-8+. The van der Waals surface area contributed by atoms with Crippen molar-refractivity contribution in [1.82, 2.24) is 9.55 Å². The number of anilines is 2. The zero-order valence-corrected chi connectivity index (χ0v) is 22.0. The number of carbonyl (C=O) groups is 2. The maximum absolute atomic E-state index is 13.1. The van der Waals surface area contributed by atoms with Crippen LogP contribution in [0, 0.1) is 17.2 Å². The number of allylic oxidation sites excluding steroid dienone is 1. The summed E-state index contributed by atoms with van der Waals surface area (Å²) in [6.45, 7) is 0.491. The Kier molecular flexibility index (Phi) is 7.83. The van der Waals surface area contributed by atoms with Gasteiger partial charge in [0.25, 0.3) is 5.91 Å². The van der Waals surface area contributed by atoms with Crippen LogP contribution >= 0.6 is 0 Å². The van der Waals surface area contributed by atoms with Crippen molar-refractivity contribution in [3.05, 3.63) is 95.6 Å². The molecule has 3 aromatic carbocycles. The van der Waals surface area contributed by atoms with Crippen LogP contribution in [0.3, 0.4) is 0 Å². The number of nitrogens with zero attached hydrogens (tertiary/aromatic N) is 4. The topological polar surface area (TPSA) is 91.0 Å². The third-order valence-corrected chi connectivity index (χ3v) is 7.30. The van der Waals surface area contributed by atoms with Crippen molar-refractivity contribution in [2.24, 2.45) is 5.92 Å². The second kappa shape index (κ2) is 11.8. The molecule has 0 spiro atoms. The summed E-state index contributed by atoms with van der Waals surface area (Å²) < 4.78 is 1.95. The van der Waals surface area contributed by atoms with Crippen molar-refractivity contribution < 1.29 is 9.59 Å². The third kappa shape index (κ3) is 5.91. The Morgan fingerprint density at radius 3 is 2.51 bits per heavy atom. The lowest BCUT2D eigenvalue weighted by molar-refractivity contribution is -0.123. The van der Waals surface area contributed by atoms with Gasteiger partial charge in [-0.25, -0.2) is 4.98 Å². The fourth-order valence-corrected chi connectivity index (χ4v) is 5.09. The summed E-state index contributed by atoms with van der Waals surface area (Å²) in [7, 11) is 1.82. The van der Waals surface area contributed by atoms with Crippen LogP contribution in [0.5, 0.6) is 0 Å². The molecule has 5 rings (SSSR count). The van der Waals surface area contributed by atoms with Gasteiger partial charge in [0, 0.05) is 30.8 Å². The Labute approximate surface area is 228 Å². The Bertz CT molecular complexity index is 1540. The highest BCUT2D eigenvalue weighted by Crippen LogP contribution is 2.29. The largest absolute Gasteiger partial charge is 0.315 e. The lowest BCUT2D eigenvalue weighted by Crippen LogP contribution is -2.33. The molecule has 0 aliphatic heterocycles. The number of amides is 2. The minimum Gasteiger partial charge on any atom is -0.315 e. The van der Waals surface area contributed by atoms with Crippen LogP contribution in [0.15, 0.2) is 78.9 Å². The van der Waals surface area contributed by atoms with Crippen LogP contribution < -0.4 is 10.2 Å². The number of hydrogen-bond acceptors (Lipinski definition) is 4. The highest BCUT2D eigenvalue weighted by atomic mass is 16.2. The number of imidazole rings is 1. The molecule has 1 aromatic heterocycles. The smallest absolute Gasteiger partial charge is 0.257 e. The number of benzene rings is 3. The SMILES string of the molecule is CN(C(=O)C1CCCCC1)c1ccc2c(c1)nc(NC(=O)c1ccc(C#N)cc1)n2C/C=C/c1ccccc1. The average Bonchev–Trinajstić information content (AvgIpc) is 3.33. The van der Waals surface area contributed by atoms with Gasteiger partial charge in [-0.15, -0.1) is 0 Å². The maximum Gasteiger partial charge on any atom is 0.257 e. The summed E-state index contributed by atoms with van der Waals surface area (Å²) in [5.74, 6) is 0.319. The van der Waals surface area contributed by atoms with Crippen molar-refractivity contribution in [2.45, 2.75) is 38.6 Å². The number of fused-ring (bicyclic) bond motifs is 1. The molecule has 1 aliphatic rings. The van der Waals surface area contributed by atoms with Crippen molar-refractivity contribution in [3.8, 4) is 6.07 Å². The highest BCUT2D eigenvalue weighted by Gasteiger charge is 2.25. The van der Waals surface area contributed by atoms with E-state index < -0.39 is 0 Å². The van der Waals surface area contributed by atoms with Gasteiger partial charge in [-0.1, -0.05) is 61.7 Å². The van der Waals surface area contributed by atoms with Crippen LogP contribution in [0.25, 0.3) is 17.1 Å². The first-order chi connectivity index (χ1) is 19.0. The molecule has 7 nitrogen and oxygen atoms in total. The molecule has 0 unspecified atom stereocenters. The van der Waals surface area contributed by atoms with E-state index in [0.717, 1.165) is 42.5 Å². The van der Waals surface area contributed by atoms with E-state index in [4.69, 9.17) is 10.2 Å². The van der Waals surface area contributed by atoms with Gasteiger partial charge in [-0.2, -0.15) is 5.26 Å². The molecule has 1 aliphatic carbocycles. The molecular formula is C32H31N5O2. The molecule has 0 bridgehead atoms. The molecule has 1 fully saturated rings. The van der Waals surface area contributed by atoms with E-state index in [1.807, 2.05) is 72.3 Å². The number of carbonyl (C=O) groups excluding carboxylic acids is 2. The van der Waals surface area contributed by atoms with Crippen molar-refractivity contribution >= 4 is 40.6 Å². The molecule has 0 atom stereocenters. The Morgan fingerprint density at radius 1 is 1.05 bits per heavy atom. The quantitative estimate of drug-likeness (QED) is 0.306. The summed E-state index contributed by atoms with van der Waals surface area (Å²) in [6.07, 6.45) is 9.35. The first-order valence-corrected chi connectivity index (χ1v) is 13.3. The Balaban J connectivity index is 1.45. The van der Waals surface area contributed by atoms with Gasteiger partial charge in [0.2, 0.25) is 11.9 Å². The van der Waals surface area contributed by atoms with Gasteiger partial charge in [-0.05, 0) is 60.9 Å². The Morgan fingerprint density at radius 2 is 1.79 bits per heavy atom. The fourth-order valence-electron chi connectivity index (χ4n) is 5.09. The van der Waals surface area contributed by atoms with Crippen LogP contribution in [-0.2, 0) is 11.3 Å². The fraction of sp³-hybridized carbons (Fsp3) is 0.250. The summed E-state index contributed by atoms with van der Waals surface area (Å²) >= 11 is 0. The lowest BCUT2D eigenvalue weighted by atomic mass is 9.88. The van der Waals surface area contributed by atoms with Gasteiger partial charge >= 0.3 is 0 Å². The second-order valence-electron chi connectivity index (χ2n) is 9.91. The molecule has 196 valence electrons. The molecule has 1 saturated carbocycles. The predicted molar refractivity (Wildman–Crippen MR) is 154 cm³/mol. The minimum absolute atomic E-state index is 0.0717. The van der Waals surface area contributed by atoms with E-state index in [9.17, 15) is 9.59 Å². The van der Waals surface area contributed by atoms with Gasteiger partial charge in [0.05, 0.1) is 22.7 Å². The second-order valence-corrected chi connectivity index (χ2v) is 9.91. The van der Waals surface area contributed by atoms with Crippen LogP contribution in [0.1, 0.15) is 53.6 Å². The van der Waals surface area contributed by atoms with E-state index in [1.165, 1.54) is 6.42 Å². The van der Waals surface area contributed by atoms with Crippen LogP contribution in [0.2, 0.25) is 0 Å². The summed E-state index contributed by atoms with van der Waals surface area (Å²) in [4.78, 5) is 32.7. The third-order valence-electron chi connectivity index (χ3n) is 7.30. The maximum atomic E-state index is 13.1. The molecule has 2 amide bonds. The van der Waals surface area contributed by atoms with Gasteiger partial charge in [-0.3, -0.25) is 14.9 Å². The summed E-state index contributed by atoms with van der Waals surface area (Å²) in [6, 6.07) is 24.4. The first-order valence-electron chi connectivity index (χ1n) is 13.3. The van der Waals surface area contributed by atoms with Crippen molar-refractivity contribution in [2.75, 3.05) is 17.3 Å². The molecule has 0 saturated heterocycles. The lowest BCUT2D eigenvalue weighted by Gasteiger charge is -2.26. The number of hydrogen-bond donors (Lipinski definition) is 1. The van der Waals surface area contributed by atoms with E-state index in [0.29, 0.717) is 29.1 Å². The molecule has 0 radical (unpaired) electrons. The summed E-state index contributed by atoms with van der Waals surface area (Å²) in [5, 5.41) is 12.0. The monoisotopic (exact) mass is 517 g/mol. The minimum atomic E-state index is -0.312. The molecule has 1 heterocycles. The van der Waals surface area contributed by atoms with E-state index in [2.05, 4.69) is 11.4 Å². The predicted octanol–water partition coefficient (Wildman–Crippen LogP) is 6.42. The molecular weight excluding hydrogens is 486 g/mol. The number of nitrogens with one attached hydrogen (secondary N) is 1. The molecule has 4 aromatic rings. The summed E-state index contributed by atoms with van der Waals surface area (Å²) in [5.41, 5.74) is 4.34. The zero-order valence-electron chi connectivity index (χ0n) is 22.0. The number of aromatic nitrogens is 2. The highest BCUT2D eigenvalue weighted by molar-refractivity contribution is 6.04. The van der Waals surface area contributed by atoms with Gasteiger partial charge < -0.3 is 9.47 Å². The Hall–Kier alpha value is -4.70. The van der Waals surface area contributed by atoms with E-state index in [-0.39, 0.29) is 17.7 Å². The van der Waals surface area contributed by atoms with Crippen LogP contribution in [0.4, 0.5) is 11.6 Å². The van der Waals surface area contributed by atoms with Crippen LogP contribution in [-0.4, -0.2) is 28.4 Å². The molecule has 39 heavy (non-hydrogen) atoms. The normalized spacial score (nSPS) is 13.8. The van der Waals surface area contributed by atoms with Gasteiger partial charge in [0.15, 0.2) is 0 Å². The van der Waals surface area contributed by atoms with Crippen molar-refractivity contribution in [1.29, 1.82) is 5.26 Å². The molecule has 7 heteroatoms.